The van der Waals surface area contributed by atoms with Gasteiger partial charge >= 0.3 is 0 Å². The van der Waals surface area contributed by atoms with Gasteiger partial charge in [0.1, 0.15) is 0 Å². The van der Waals surface area contributed by atoms with Crippen LogP contribution in [0.15, 0.2) is 53.4 Å². The number of amides is 2. The molecule has 0 bridgehead atoms. The van der Waals surface area contributed by atoms with Crippen LogP contribution in [-0.4, -0.2) is 37.7 Å². The molecule has 27 heavy (non-hydrogen) atoms. The molecule has 5 nitrogen and oxygen atoms in total. The highest BCUT2D eigenvalue weighted by Crippen LogP contribution is 2.31. The number of carbonyl (C=O) groups excluding carboxylic acids is 2. The lowest BCUT2D eigenvalue weighted by Gasteiger charge is -2.15. The van der Waals surface area contributed by atoms with Crippen molar-refractivity contribution in [1.29, 1.82) is 0 Å². The third-order valence-electron chi connectivity index (χ3n) is 3.45. The highest BCUT2D eigenvalue weighted by Gasteiger charge is 2.17. The zero-order valence-electron chi connectivity index (χ0n) is 14.5. The maximum atomic E-state index is 12.6. The Balaban J connectivity index is 1.87. The second kappa shape index (κ2) is 10.2. The van der Waals surface area contributed by atoms with Crippen molar-refractivity contribution in [2.24, 2.45) is 0 Å². The summed E-state index contributed by atoms with van der Waals surface area (Å²) in [7, 11) is 1.69. The minimum Gasteiger partial charge on any atom is -0.322 e. The Labute approximate surface area is 165 Å². The molecular weight excluding hydrogens is 396 g/mol. The van der Waals surface area contributed by atoms with E-state index in [-0.39, 0.29) is 29.8 Å². The van der Waals surface area contributed by atoms with Crippen molar-refractivity contribution in [1.82, 2.24) is 0 Å². The Morgan fingerprint density at radius 1 is 1.00 bits per heavy atom. The van der Waals surface area contributed by atoms with Crippen LogP contribution in [0.5, 0.6) is 0 Å². The van der Waals surface area contributed by atoms with E-state index in [1.807, 2.05) is 0 Å². The minimum absolute atomic E-state index is 0.00359. The third-order valence-corrected chi connectivity index (χ3v) is 4.57. The summed E-state index contributed by atoms with van der Waals surface area (Å²) in [6, 6.07) is 13.2. The molecule has 0 saturated heterocycles. The van der Waals surface area contributed by atoms with Crippen molar-refractivity contribution in [2.75, 3.05) is 30.8 Å². The molecule has 2 amide bonds. The zero-order valence-corrected chi connectivity index (χ0v) is 16.0. The van der Waals surface area contributed by atoms with Crippen LogP contribution in [0.25, 0.3) is 0 Å². The van der Waals surface area contributed by atoms with Crippen LogP contribution in [0.1, 0.15) is 0 Å². The second-order valence-electron chi connectivity index (χ2n) is 5.76. The SMILES string of the molecule is C[NH+](CC(=O)Nc1ccccc1Cl)CC(=O)Nc1ccccc1SC(F)F. The molecule has 1 atom stereocenters. The molecule has 0 heterocycles. The van der Waals surface area contributed by atoms with Gasteiger partial charge in [-0.25, -0.2) is 0 Å². The fraction of sp³-hybridized carbons (Fsp3) is 0.222. The second-order valence-corrected chi connectivity index (χ2v) is 7.20. The quantitative estimate of drug-likeness (QED) is 0.582. The van der Waals surface area contributed by atoms with Crippen LogP contribution in [0.3, 0.4) is 0 Å². The molecule has 144 valence electrons. The molecule has 0 aliphatic rings. The van der Waals surface area contributed by atoms with E-state index in [0.29, 0.717) is 33.1 Å². The maximum absolute atomic E-state index is 12.6. The summed E-state index contributed by atoms with van der Waals surface area (Å²) in [5.74, 6) is -3.24. The molecule has 1 unspecified atom stereocenters. The highest BCUT2D eigenvalue weighted by atomic mass is 35.5. The molecule has 0 aromatic heterocycles. The largest absolute Gasteiger partial charge is 0.322 e. The van der Waals surface area contributed by atoms with Crippen molar-refractivity contribution < 1.29 is 23.3 Å². The summed E-state index contributed by atoms with van der Waals surface area (Å²) >= 11 is 6.36. The summed E-state index contributed by atoms with van der Waals surface area (Å²) in [6.07, 6.45) is 0. The number of para-hydroxylation sites is 2. The number of carbonyl (C=O) groups is 2. The van der Waals surface area contributed by atoms with Gasteiger partial charge in [0.05, 0.1) is 23.4 Å². The van der Waals surface area contributed by atoms with E-state index in [1.165, 1.54) is 6.07 Å². The van der Waals surface area contributed by atoms with Crippen LogP contribution in [0.2, 0.25) is 5.02 Å². The van der Waals surface area contributed by atoms with Crippen LogP contribution >= 0.6 is 23.4 Å². The van der Waals surface area contributed by atoms with E-state index < -0.39 is 5.76 Å². The highest BCUT2D eigenvalue weighted by molar-refractivity contribution is 7.99. The fourth-order valence-electron chi connectivity index (χ4n) is 2.33. The number of anilines is 2. The van der Waals surface area contributed by atoms with E-state index in [0.717, 1.165) is 0 Å². The number of benzene rings is 2. The number of rotatable bonds is 8. The molecule has 0 radical (unpaired) electrons. The number of quaternary nitrogens is 1. The van der Waals surface area contributed by atoms with Crippen molar-refractivity contribution in [3.05, 3.63) is 53.6 Å². The summed E-state index contributed by atoms with van der Waals surface area (Å²) < 4.78 is 25.2. The zero-order chi connectivity index (χ0) is 19.8. The van der Waals surface area contributed by atoms with Gasteiger partial charge in [0.2, 0.25) is 0 Å². The Morgan fingerprint density at radius 2 is 1.52 bits per heavy atom. The molecule has 9 heteroatoms. The lowest BCUT2D eigenvalue weighted by molar-refractivity contribution is -0.862. The van der Waals surface area contributed by atoms with Gasteiger partial charge in [0.25, 0.3) is 17.6 Å². The number of hydrogen-bond acceptors (Lipinski definition) is 3. The molecule has 3 N–H and O–H groups in total. The molecule has 0 fully saturated rings. The maximum Gasteiger partial charge on any atom is 0.288 e. The Kier molecular flexibility index (Phi) is 8.02. The average Bonchev–Trinajstić information content (AvgIpc) is 2.58. The molecule has 0 saturated carbocycles. The molecule has 0 spiro atoms. The lowest BCUT2D eigenvalue weighted by Crippen LogP contribution is -3.11. The van der Waals surface area contributed by atoms with E-state index in [2.05, 4.69) is 10.6 Å². The predicted molar refractivity (Wildman–Crippen MR) is 104 cm³/mol. The van der Waals surface area contributed by atoms with Gasteiger partial charge in [0.15, 0.2) is 13.1 Å². The van der Waals surface area contributed by atoms with E-state index in [9.17, 15) is 18.4 Å². The van der Waals surface area contributed by atoms with Gasteiger partial charge in [-0.1, -0.05) is 47.6 Å². The number of nitrogens with one attached hydrogen (secondary N) is 3. The van der Waals surface area contributed by atoms with Crippen LogP contribution in [0.4, 0.5) is 20.2 Å². The van der Waals surface area contributed by atoms with Gasteiger partial charge in [-0.2, -0.15) is 8.78 Å². The topological polar surface area (TPSA) is 62.6 Å². The minimum atomic E-state index is -2.58. The van der Waals surface area contributed by atoms with Crippen molar-refractivity contribution in [2.45, 2.75) is 10.7 Å². The van der Waals surface area contributed by atoms with Crippen LogP contribution < -0.4 is 15.5 Å². The first-order chi connectivity index (χ1) is 12.8. The van der Waals surface area contributed by atoms with Crippen LogP contribution in [-0.2, 0) is 9.59 Å². The van der Waals surface area contributed by atoms with E-state index in [1.54, 1.807) is 49.5 Å². The number of thioether (sulfide) groups is 1. The molecular formula is C18H19ClF2N3O2S+. The van der Waals surface area contributed by atoms with Crippen molar-refractivity contribution >= 4 is 46.6 Å². The normalized spacial score (nSPS) is 11.9. The Hall–Kier alpha value is -2.16. The molecule has 0 aliphatic heterocycles. The van der Waals surface area contributed by atoms with E-state index >= 15 is 0 Å². The first-order valence-electron chi connectivity index (χ1n) is 8.04. The number of halogens is 3. The first-order valence-corrected chi connectivity index (χ1v) is 9.30. The van der Waals surface area contributed by atoms with Gasteiger partial charge < -0.3 is 15.5 Å². The number of hydrogen-bond donors (Lipinski definition) is 3. The van der Waals surface area contributed by atoms with E-state index in [4.69, 9.17) is 11.6 Å². The number of likely N-dealkylation sites (N-methyl/N-ethyl adjacent to an activating group) is 1. The molecule has 2 aromatic carbocycles. The Bertz CT molecular complexity index is 808. The molecule has 2 aromatic rings. The van der Waals surface area contributed by atoms with Crippen molar-refractivity contribution in [3.63, 3.8) is 0 Å². The molecule has 2 rings (SSSR count). The summed E-state index contributed by atoms with van der Waals surface area (Å²) in [5, 5.41) is 5.72. The summed E-state index contributed by atoms with van der Waals surface area (Å²) in [4.78, 5) is 25.2. The van der Waals surface area contributed by atoms with Gasteiger partial charge in [-0.3, -0.25) is 9.59 Å². The Morgan fingerprint density at radius 3 is 2.11 bits per heavy atom. The van der Waals surface area contributed by atoms with Gasteiger partial charge in [0, 0.05) is 4.90 Å². The third kappa shape index (κ3) is 7.16. The molecule has 0 aliphatic carbocycles. The average molecular weight is 415 g/mol. The van der Waals surface area contributed by atoms with Crippen molar-refractivity contribution in [3.8, 4) is 0 Å². The van der Waals surface area contributed by atoms with Crippen LogP contribution in [0, 0.1) is 0 Å². The smallest absolute Gasteiger partial charge is 0.288 e. The van der Waals surface area contributed by atoms with Gasteiger partial charge in [-0.05, 0) is 24.3 Å². The summed E-state index contributed by atoms with van der Waals surface area (Å²) in [5.41, 5.74) is 0.820. The standard InChI is InChI=1S/C18H18ClF2N3O2S/c1-24(10-16(25)22-13-7-3-2-6-12(13)19)11-17(26)23-14-8-4-5-9-15(14)27-18(20)21/h2-9,18H,10-11H2,1H3,(H,22,25)(H,23,26)/p+1. The lowest BCUT2D eigenvalue weighted by atomic mass is 10.3. The predicted octanol–water partition coefficient (Wildman–Crippen LogP) is 2.75. The summed E-state index contributed by atoms with van der Waals surface area (Å²) in [6.45, 7) is 0.0513. The fourth-order valence-corrected chi connectivity index (χ4v) is 3.11. The number of alkyl halides is 2. The van der Waals surface area contributed by atoms with Gasteiger partial charge in [-0.15, -0.1) is 0 Å². The first kappa shape index (κ1) is 21.1. The monoisotopic (exact) mass is 414 g/mol.